The summed E-state index contributed by atoms with van der Waals surface area (Å²) in [6.07, 6.45) is 0. The molecule has 0 radical (unpaired) electrons. The minimum Gasteiger partial charge on any atom is -0.339 e. The Morgan fingerprint density at radius 3 is 2.04 bits per heavy atom. The number of amides is 2. The molecule has 0 aliphatic carbocycles. The predicted octanol–water partition coefficient (Wildman–Crippen LogP) is 2.45. The molecule has 1 aromatic heterocycles. The number of benzene rings is 1. The third kappa shape index (κ3) is 3.39. The number of aromatic nitrogens is 2. The van der Waals surface area contributed by atoms with Gasteiger partial charge < -0.3 is 9.80 Å². The van der Waals surface area contributed by atoms with Crippen molar-refractivity contribution in [3.63, 3.8) is 0 Å². The van der Waals surface area contributed by atoms with Gasteiger partial charge in [-0.05, 0) is 38.1 Å². The van der Waals surface area contributed by atoms with Crippen LogP contribution < -0.4 is 0 Å². The number of carbonyl (C=O) groups is 2. The van der Waals surface area contributed by atoms with Gasteiger partial charge in [0, 0.05) is 38.7 Å². The largest absolute Gasteiger partial charge is 0.339 e. The molecular formula is C18H21ClN4O2. The van der Waals surface area contributed by atoms with Crippen LogP contribution in [0.3, 0.4) is 0 Å². The van der Waals surface area contributed by atoms with Crippen molar-refractivity contribution in [2.45, 2.75) is 20.8 Å². The topological polar surface area (TPSA) is 58.4 Å². The van der Waals surface area contributed by atoms with Gasteiger partial charge in [0.25, 0.3) is 5.91 Å². The van der Waals surface area contributed by atoms with Gasteiger partial charge >= 0.3 is 0 Å². The zero-order valence-corrected chi connectivity index (χ0v) is 15.4. The van der Waals surface area contributed by atoms with Crippen molar-refractivity contribution in [2.24, 2.45) is 0 Å². The number of nitrogens with zero attached hydrogens (tertiary/aromatic N) is 4. The van der Waals surface area contributed by atoms with Crippen molar-refractivity contribution in [3.05, 3.63) is 46.2 Å². The van der Waals surface area contributed by atoms with Gasteiger partial charge in [-0.3, -0.25) is 9.59 Å². The summed E-state index contributed by atoms with van der Waals surface area (Å²) in [5.41, 5.74) is 3.15. The van der Waals surface area contributed by atoms with E-state index in [-0.39, 0.29) is 11.8 Å². The van der Waals surface area contributed by atoms with Crippen LogP contribution in [-0.4, -0.2) is 57.6 Å². The standard InChI is InChI=1S/C18H21ClN4O2/c1-12-17(19)13(2)23(20-12)16-6-4-15(5-7-16)18(25)22-10-8-21(9-11-22)14(3)24/h4-7H,8-11H2,1-3H3. The van der Waals surface area contributed by atoms with Gasteiger partial charge in [-0.1, -0.05) is 11.6 Å². The first-order valence-corrected chi connectivity index (χ1v) is 8.63. The second-order valence-corrected chi connectivity index (χ2v) is 6.62. The zero-order valence-electron chi connectivity index (χ0n) is 14.6. The Kier molecular flexibility index (Phi) is 4.81. The molecule has 7 heteroatoms. The number of hydrogen-bond acceptors (Lipinski definition) is 3. The molecule has 0 bridgehead atoms. The molecule has 0 atom stereocenters. The summed E-state index contributed by atoms with van der Waals surface area (Å²) in [4.78, 5) is 27.6. The Morgan fingerprint density at radius 1 is 1.00 bits per heavy atom. The maximum atomic E-state index is 12.6. The molecule has 0 saturated carbocycles. The van der Waals surface area contributed by atoms with Crippen molar-refractivity contribution in [2.75, 3.05) is 26.2 Å². The van der Waals surface area contributed by atoms with E-state index in [0.29, 0.717) is 36.8 Å². The van der Waals surface area contributed by atoms with Gasteiger partial charge in [0.2, 0.25) is 5.91 Å². The molecule has 0 unspecified atom stereocenters. The Morgan fingerprint density at radius 2 is 1.56 bits per heavy atom. The van der Waals surface area contributed by atoms with Gasteiger partial charge in [0.1, 0.15) is 0 Å². The molecular weight excluding hydrogens is 340 g/mol. The van der Waals surface area contributed by atoms with Crippen molar-refractivity contribution >= 4 is 23.4 Å². The summed E-state index contributed by atoms with van der Waals surface area (Å²) in [7, 11) is 0. The number of rotatable bonds is 2. The van der Waals surface area contributed by atoms with E-state index >= 15 is 0 Å². The maximum absolute atomic E-state index is 12.6. The van der Waals surface area contributed by atoms with Gasteiger partial charge in [0.15, 0.2) is 0 Å². The van der Waals surface area contributed by atoms with Crippen LogP contribution in [0.4, 0.5) is 0 Å². The average molecular weight is 361 g/mol. The van der Waals surface area contributed by atoms with E-state index in [1.54, 1.807) is 33.5 Å². The van der Waals surface area contributed by atoms with Crippen molar-refractivity contribution in [3.8, 4) is 5.69 Å². The quantitative estimate of drug-likeness (QED) is 0.826. The minimum absolute atomic E-state index is 0.0128. The Balaban J connectivity index is 1.73. The summed E-state index contributed by atoms with van der Waals surface area (Å²) in [5.74, 6) is 0.0427. The van der Waals surface area contributed by atoms with E-state index in [2.05, 4.69) is 5.10 Å². The van der Waals surface area contributed by atoms with Crippen molar-refractivity contribution < 1.29 is 9.59 Å². The highest BCUT2D eigenvalue weighted by Gasteiger charge is 2.23. The molecule has 3 rings (SSSR count). The van der Waals surface area contributed by atoms with Gasteiger partial charge in [-0.15, -0.1) is 0 Å². The lowest BCUT2D eigenvalue weighted by Gasteiger charge is -2.34. The molecule has 2 aromatic rings. The molecule has 1 fully saturated rings. The first-order chi connectivity index (χ1) is 11.9. The first-order valence-electron chi connectivity index (χ1n) is 8.25. The van der Waals surface area contributed by atoms with Crippen LogP contribution in [0.2, 0.25) is 5.02 Å². The fraction of sp³-hybridized carbons (Fsp3) is 0.389. The highest BCUT2D eigenvalue weighted by atomic mass is 35.5. The van der Waals surface area contributed by atoms with E-state index in [1.165, 1.54) is 0 Å². The summed E-state index contributed by atoms with van der Waals surface area (Å²) in [6, 6.07) is 7.35. The smallest absolute Gasteiger partial charge is 0.253 e. The van der Waals surface area contributed by atoms with E-state index < -0.39 is 0 Å². The molecule has 132 valence electrons. The number of hydrogen-bond donors (Lipinski definition) is 0. The van der Waals surface area contributed by atoms with Crippen LogP contribution in [0.25, 0.3) is 5.69 Å². The lowest BCUT2D eigenvalue weighted by molar-refractivity contribution is -0.130. The zero-order chi connectivity index (χ0) is 18.1. The Bertz CT molecular complexity index is 805. The van der Waals surface area contributed by atoms with Crippen LogP contribution in [0.1, 0.15) is 28.7 Å². The fourth-order valence-electron chi connectivity index (χ4n) is 3.03. The molecule has 1 aliphatic rings. The average Bonchev–Trinajstić information content (AvgIpc) is 2.89. The van der Waals surface area contributed by atoms with Gasteiger partial charge in [0.05, 0.1) is 22.1 Å². The maximum Gasteiger partial charge on any atom is 0.253 e. The molecule has 25 heavy (non-hydrogen) atoms. The summed E-state index contributed by atoms with van der Waals surface area (Å²) in [5, 5.41) is 5.08. The molecule has 1 aliphatic heterocycles. The highest BCUT2D eigenvalue weighted by Crippen LogP contribution is 2.22. The summed E-state index contributed by atoms with van der Waals surface area (Å²) >= 11 is 6.19. The van der Waals surface area contributed by atoms with Crippen LogP contribution in [0.15, 0.2) is 24.3 Å². The van der Waals surface area contributed by atoms with Crippen LogP contribution in [-0.2, 0) is 4.79 Å². The van der Waals surface area contributed by atoms with E-state index in [4.69, 9.17) is 11.6 Å². The van der Waals surface area contributed by atoms with E-state index in [9.17, 15) is 9.59 Å². The Labute approximate surface area is 152 Å². The van der Waals surface area contributed by atoms with E-state index in [1.807, 2.05) is 26.0 Å². The second kappa shape index (κ2) is 6.88. The molecule has 2 heterocycles. The monoisotopic (exact) mass is 360 g/mol. The number of piperazine rings is 1. The molecule has 2 amide bonds. The fourth-order valence-corrected chi connectivity index (χ4v) is 3.15. The number of aryl methyl sites for hydroxylation is 1. The minimum atomic E-state index is -0.0128. The van der Waals surface area contributed by atoms with Gasteiger partial charge in [-0.2, -0.15) is 5.10 Å². The third-order valence-electron chi connectivity index (χ3n) is 4.57. The summed E-state index contributed by atoms with van der Waals surface area (Å²) in [6.45, 7) is 7.63. The Hall–Kier alpha value is -2.34. The second-order valence-electron chi connectivity index (χ2n) is 6.24. The summed E-state index contributed by atoms with van der Waals surface area (Å²) < 4.78 is 1.78. The SMILES string of the molecule is CC(=O)N1CCN(C(=O)c2ccc(-n3nc(C)c(Cl)c3C)cc2)CC1. The van der Waals surface area contributed by atoms with E-state index in [0.717, 1.165) is 17.1 Å². The van der Waals surface area contributed by atoms with Crippen LogP contribution >= 0.6 is 11.6 Å². The molecule has 0 spiro atoms. The molecule has 1 saturated heterocycles. The van der Waals surface area contributed by atoms with Crippen molar-refractivity contribution in [1.29, 1.82) is 0 Å². The van der Waals surface area contributed by atoms with Crippen LogP contribution in [0.5, 0.6) is 0 Å². The lowest BCUT2D eigenvalue weighted by Crippen LogP contribution is -2.50. The third-order valence-corrected chi connectivity index (χ3v) is 5.12. The number of halogens is 1. The first kappa shape index (κ1) is 17.5. The molecule has 1 aromatic carbocycles. The predicted molar refractivity (Wildman–Crippen MR) is 96.2 cm³/mol. The number of carbonyl (C=O) groups excluding carboxylic acids is 2. The molecule has 0 N–H and O–H groups in total. The normalized spacial score (nSPS) is 14.7. The van der Waals surface area contributed by atoms with Crippen molar-refractivity contribution in [1.82, 2.24) is 19.6 Å². The lowest BCUT2D eigenvalue weighted by atomic mass is 10.1. The van der Waals surface area contributed by atoms with Crippen LogP contribution in [0, 0.1) is 13.8 Å². The van der Waals surface area contributed by atoms with Gasteiger partial charge in [-0.25, -0.2) is 4.68 Å². The molecule has 6 nitrogen and oxygen atoms in total. The highest BCUT2D eigenvalue weighted by molar-refractivity contribution is 6.31.